The van der Waals surface area contributed by atoms with Crippen LogP contribution >= 0.6 is 0 Å². The van der Waals surface area contributed by atoms with Crippen molar-refractivity contribution in [3.8, 4) is 11.5 Å². The second-order valence-electron chi connectivity index (χ2n) is 5.57. The molecular formula is C18H19F2N3O2. The Bertz CT molecular complexity index is 761. The van der Waals surface area contributed by atoms with Crippen molar-refractivity contribution in [1.29, 1.82) is 0 Å². The number of rotatable bonds is 5. The molecule has 0 aromatic heterocycles. The van der Waals surface area contributed by atoms with Gasteiger partial charge in [-0.2, -0.15) is 0 Å². The summed E-state index contributed by atoms with van der Waals surface area (Å²) in [5, 5.41) is 6.30. The molecule has 2 aromatic carbocycles. The highest BCUT2D eigenvalue weighted by Gasteiger charge is 2.13. The Labute approximate surface area is 144 Å². The van der Waals surface area contributed by atoms with Gasteiger partial charge < -0.3 is 20.1 Å². The third-order valence-corrected chi connectivity index (χ3v) is 3.75. The van der Waals surface area contributed by atoms with Crippen LogP contribution < -0.4 is 20.1 Å². The highest BCUT2D eigenvalue weighted by Crippen LogP contribution is 2.32. The zero-order chi connectivity index (χ0) is 17.6. The minimum absolute atomic E-state index is 0.246. The summed E-state index contributed by atoms with van der Waals surface area (Å²) in [7, 11) is 1.66. The van der Waals surface area contributed by atoms with E-state index < -0.39 is 11.6 Å². The van der Waals surface area contributed by atoms with Gasteiger partial charge in [-0.15, -0.1) is 0 Å². The molecule has 5 nitrogen and oxygen atoms in total. The molecule has 0 saturated carbocycles. The van der Waals surface area contributed by atoms with Crippen LogP contribution in [0.3, 0.4) is 0 Å². The predicted molar refractivity (Wildman–Crippen MR) is 90.8 cm³/mol. The van der Waals surface area contributed by atoms with Gasteiger partial charge in [0.15, 0.2) is 17.5 Å². The van der Waals surface area contributed by atoms with Crippen molar-refractivity contribution in [2.45, 2.75) is 13.0 Å². The Kier molecular flexibility index (Phi) is 5.33. The van der Waals surface area contributed by atoms with E-state index in [1.807, 2.05) is 18.2 Å². The summed E-state index contributed by atoms with van der Waals surface area (Å²) in [4.78, 5) is 4.13. The fourth-order valence-corrected chi connectivity index (χ4v) is 2.54. The van der Waals surface area contributed by atoms with Gasteiger partial charge in [0.25, 0.3) is 0 Å². The van der Waals surface area contributed by atoms with E-state index in [1.54, 1.807) is 7.05 Å². The maximum absolute atomic E-state index is 13.2. The monoisotopic (exact) mass is 347 g/mol. The highest BCUT2D eigenvalue weighted by atomic mass is 19.1. The molecule has 132 valence electrons. The van der Waals surface area contributed by atoms with Gasteiger partial charge in [-0.05, 0) is 41.8 Å². The zero-order valence-electron chi connectivity index (χ0n) is 13.8. The van der Waals surface area contributed by atoms with Gasteiger partial charge in [-0.1, -0.05) is 6.07 Å². The Morgan fingerprint density at radius 1 is 1.00 bits per heavy atom. The summed E-state index contributed by atoms with van der Waals surface area (Å²) in [5.41, 5.74) is 1.62. The largest absolute Gasteiger partial charge is 0.454 e. The number of guanidine groups is 1. The fourth-order valence-electron chi connectivity index (χ4n) is 2.54. The van der Waals surface area contributed by atoms with Gasteiger partial charge in [-0.3, -0.25) is 4.99 Å². The maximum atomic E-state index is 13.2. The normalized spacial score (nSPS) is 13.0. The number of nitrogens with zero attached hydrogens (tertiary/aromatic N) is 1. The van der Waals surface area contributed by atoms with Crippen LogP contribution in [0.5, 0.6) is 11.5 Å². The predicted octanol–water partition coefficient (Wildman–Crippen LogP) is 2.60. The van der Waals surface area contributed by atoms with E-state index in [9.17, 15) is 8.78 Å². The van der Waals surface area contributed by atoms with E-state index in [0.29, 0.717) is 31.0 Å². The van der Waals surface area contributed by atoms with Gasteiger partial charge in [0.2, 0.25) is 6.79 Å². The van der Waals surface area contributed by atoms with Gasteiger partial charge in [-0.25, -0.2) is 8.78 Å². The lowest BCUT2D eigenvalue weighted by Crippen LogP contribution is -2.37. The first-order valence-electron chi connectivity index (χ1n) is 7.92. The lowest BCUT2D eigenvalue weighted by molar-refractivity contribution is 0.174. The molecular weight excluding hydrogens is 328 g/mol. The van der Waals surface area contributed by atoms with Gasteiger partial charge in [0, 0.05) is 26.2 Å². The van der Waals surface area contributed by atoms with Crippen LogP contribution in [0.4, 0.5) is 8.78 Å². The lowest BCUT2D eigenvalue weighted by atomic mass is 10.1. The molecule has 0 spiro atoms. The van der Waals surface area contributed by atoms with Crippen molar-refractivity contribution < 1.29 is 18.3 Å². The van der Waals surface area contributed by atoms with Crippen LogP contribution in [-0.4, -0.2) is 26.3 Å². The Morgan fingerprint density at radius 2 is 1.76 bits per heavy atom. The second-order valence-corrected chi connectivity index (χ2v) is 5.57. The van der Waals surface area contributed by atoms with Gasteiger partial charge in [0.1, 0.15) is 11.6 Å². The minimum Gasteiger partial charge on any atom is -0.454 e. The molecule has 0 bridgehead atoms. The highest BCUT2D eigenvalue weighted by molar-refractivity contribution is 5.79. The number of nitrogens with one attached hydrogen (secondary N) is 2. The number of halogens is 2. The van der Waals surface area contributed by atoms with E-state index in [0.717, 1.165) is 23.1 Å². The molecule has 0 atom stereocenters. The standard InChI is InChI=1S/C18H19F2N3O2/c1-21-18(22-5-4-12-6-14(19)9-15(20)7-12)23-10-13-2-3-16-17(8-13)25-11-24-16/h2-3,6-9H,4-5,10-11H2,1H3,(H2,21,22,23). The summed E-state index contributed by atoms with van der Waals surface area (Å²) in [6.45, 7) is 1.31. The molecule has 0 fully saturated rings. The molecule has 2 aromatic rings. The SMILES string of the molecule is CN=C(NCCc1cc(F)cc(F)c1)NCc1ccc2c(c1)OCO2. The molecule has 1 aliphatic heterocycles. The molecule has 0 aliphatic carbocycles. The molecule has 0 unspecified atom stereocenters. The lowest BCUT2D eigenvalue weighted by Gasteiger charge is -2.12. The number of aliphatic imine (C=N–C) groups is 1. The van der Waals surface area contributed by atoms with Crippen molar-refractivity contribution >= 4 is 5.96 Å². The Balaban J connectivity index is 1.48. The number of hydrogen-bond donors (Lipinski definition) is 2. The summed E-state index contributed by atoms with van der Waals surface area (Å²) < 4.78 is 37.0. The number of ether oxygens (including phenoxy) is 2. The van der Waals surface area contributed by atoms with Crippen LogP contribution in [0.2, 0.25) is 0 Å². The van der Waals surface area contributed by atoms with Crippen LogP contribution in [0, 0.1) is 11.6 Å². The first kappa shape index (κ1) is 17.0. The molecule has 0 amide bonds. The van der Waals surface area contributed by atoms with Crippen LogP contribution in [0.15, 0.2) is 41.4 Å². The van der Waals surface area contributed by atoms with E-state index in [-0.39, 0.29) is 6.79 Å². The second kappa shape index (κ2) is 7.83. The number of benzene rings is 2. The molecule has 1 heterocycles. The smallest absolute Gasteiger partial charge is 0.231 e. The third kappa shape index (κ3) is 4.59. The molecule has 0 radical (unpaired) electrons. The zero-order valence-corrected chi connectivity index (χ0v) is 13.8. The van der Waals surface area contributed by atoms with E-state index >= 15 is 0 Å². The topological polar surface area (TPSA) is 54.9 Å². The maximum Gasteiger partial charge on any atom is 0.231 e. The molecule has 3 rings (SSSR count). The Hall–Kier alpha value is -2.83. The van der Waals surface area contributed by atoms with Gasteiger partial charge in [0.05, 0.1) is 0 Å². The molecule has 7 heteroatoms. The van der Waals surface area contributed by atoms with Crippen molar-refractivity contribution in [1.82, 2.24) is 10.6 Å². The van der Waals surface area contributed by atoms with Crippen LogP contribution in [0.1, 0.15) is 11.1 Å². The number of fused-ring (bicyclic) bond motifs is 1. The van der Waals surface area contributed by atoms with E-state index in [4.69, 9.17) is 9.47 Å². The molecule has 0 saturated heterocycles. The third-order valence-electron chi connectivity index (χ3n) is 3.75. The summed E-state index contributed by atoms with van der Waals surface area (Å²) in [6.07, 6.45) is 0.486. The average molecular weight is 347 g/mol. The van der Waals surface area contributed by atoms with Crippen molar-refractivity contribution in [2.24, 2.45) is 4.99 Å². The average Bonchev–Trinajstić information content (AvgIpc) is 3.04. The number of hydrogen-bond acceptors (Lipinski definition) is 3. The summed E-state index contributed by atoms with van der Waals surface area (Å²) in [6, 6.07) is 9.25. The van der Waals surface area contributed by atoms with Crippen molar-refractivity contribution in [3.63, 3.8) is 0 Å². The Morgan fingerprint density at radius 3 is 2.52 bits per heavy atom. The van der Waals surface area contributed by atoms with Crippen molar-refractivity contribution in [3.05, 3.63) is 59.2 Å². The molecule has 25 heavy (non-hydrogen) atoms. The summed E-state index contributed by atoms with van der Waals surface area (Å²) in [5.74, 6) is 0.944. The quantitative estimate of drug-likeness (QED) is 0.645. The van der Waals surface area contributed by atoms with E-state index in [1.165, 1.54) is 12.1 Å². The van der Waals surface area contributed by atoms with E-state index in [2.05, 4.69) is 15.6 Å². The first-order chi connectivity index (χ1) is 12.1. The first-order valence-corrected chi connectivity index (χ1v) is 7.92. The van der Waals surface area contributed by atoms with Crippen molar-refractivity contribution in [2.75, 3.05) is 20.4 Å². The van der Waals surface area contributed by atoms with Gasteiger partial charge >= 0.3 is 0 Å². The molecule has 2 N–H and O–H groups in total. The van der Waals surface area contributed by atoms with Crippen LogP contribution in [0.25, 0.3) is 0 Å². The summed E-state index contributed by atoms with van der Waals surface area (Å²) >= 11 is 0. The van der Waals surface area contributed by atoms with Crippen LogP contribution in [-0.2, 0) is 13.0 Å². The molecule has 1 aliphatic rings. The minimum atomic E-state index is -0.569. The fraction of sp³-hybridized carbons (Fsp3) is 0.278.